The molecular weight excluding hydrogens is 340 g/mol. The molecule has 5 nitrogen and oxygen atoms in total. The van der Waals surface area contributed by atoms with E-state index in [2.05, 4.69) is 12.2 Å². The summed E-state index contributed by atoms with van der Waals surface area (Å²) >= 11 is 0. The fraction of sp³-hybridized carbons (Fsp3) is 0.682. The average Bonchev–Trinajstić information content (AvgIpc) is 2.68. The first-order valence-corrected chi connectivity index (χ1v) is 10.4. The third-order valence-electron chi connectivity index (χ3n) is 5.01. The van der Waals surface area contributed by atoms with Crippen LogP contribution in [0.15, 0.2) is 24.3 Å². The van der Waals surface area contributed by atoms with Crippen molar-refractivity contribution >= 4 is 11.6 Å². The number of hydrogen-bond donors (Lipinski definition) is 4. The highest BCUT2D eigenvalue weighted by molar-refractivity contribution is 5.90. The number of nitrogens with one attached hydrogen (secondary N) is 1. The molecular formula is C22H38N2O3. The zero-order valence-corrected chi connectivity index (χ0v) is 16.9. The van der Waals surface area contributed by atoms with Gasteiger partial charge >= 0.3 is 0 Å². The molecule has 0 spiro atoms. The van der Waals surface area contributed by atoms with Crippen LogP contribution in [0.4, 0.5) is 5.69 Å². The number of unbranched alkanes of at least 4 members (excludes halogenated alkanes) is 6. The monoisotopic (exact) mass is 378 g/mol. The second-order valence-corrected chi connectivity index (χ2v) is 7.65. The van der Waals surface area contributed by atoms with Gasteiger partial charge in [-0.15, -0.1) is 0 Å². The molecule has 0 saturated heterocycles. The van der Waals surface area contributed by atoms with Crippen molar-refractivity contribution in [2.24, 2.45) is 5.73 Å². The first-order chi connectivity index (χ1) is 13.0. The summed E-state index contributed by atoms with van der Waals surface area (Å²) in [7, 11) is 0. The lowest BCUT2D eigenvalue weighted by Gasteiger charge is -2.24. The van der Waals surface area contributed by atoms with Gasteiger partial charge in [-0.25, -0.2) is 0 Å². The summed E-state index contributed by atoms with van der Waals surface area (Å²) < 4.78 is 0. The van der Waals surface area contributed by atoms with Crippen LogP contribution in [0.5, 0.6) is 0 Å². The highest BCUT2D eigenvalue weighted by Gasteiger charge is 2.22. The Kier molecular flexibility index (Phi) is 12.0. The van der Waals surface area contributed by atoms with Crippen molar-refractivity contribution in [1.82, 2.24) is 0 Å². The van der Waals surface area contributed by atoms with Crippen molar-refractivity contribution < 1.29 is 15.0 Å². The Hall–Kier alpha value is -1.43. The Bertz CT molecular complexity index is 513. The molecule has 0 aromatic heterocycles. The van der Waals surface area contributed by atoms with Crippen molar-refractivity contribution in [3.63, 3.8) is 0 Å². The molecule has 0 aliphatic carbocycles. The molecule has 0 atom stereocenters. The van der Waals surface area contributed by atoms with E-state index in [0.29, 0.717) is 12.8 Å². The minimum atomic E-state index is -0.899. The number of aliphatic hydroxyl groups excluding tert-OH is 2. The summed E-state index contributed by atoms with van der Waals surface area (Å²) in [5.74, 6) is 0.0788. The molecule has 5 N–H and O–H groups in total. The van der Waals surface area contributed by atoms with E-state index in [1.807, 2.05) is 24.3 Å². The van der Waals surface area contributed by atoms with Crippen LogP contribution in [-0.4, -0.2) is 34.9 Å². The maximum atomic E-state index is 12.0. The van der Waals surface area contributed by atoms with Crippen molar-refractivity contribution in [2.45, 2.75) is 83.1 Å². The third-order valence-corrected chi connectivity index (χ3v) is 5.01. The number of carbonyl (C=O) groups is 1. The molecule has 0 aliphatic heterocycles. The van der Waals surface area contributed by atoms with Gasteiger partial charge < -0.3 is 21.3 Å². The summed E-state index contributed by atoms with van der Waals surface area (Å²) in [4.78, 5) is 12.0. The number of hydrogen-bond acceptors (Lipinski definition) is 4. The van der Waals surface area contributed by atoms with Crippen LogP contribution >= 0.6 is 0 Å². The van der Waals surface area contributed by atoms with Crippen LogP contribution in [0.1, 0.15) is 76.7 Å². The lowest BCUT2D eigenvalue weighted by Crippen LogP contribution is -2.47. The van der Waals surface area contributed by atoms with E-state index < -0.39 is 5.54 Å². The molecule has 1 rings (SSSR count). The highest BCUT2D eigenvalue weighted by atomic mass is 16.3. The summed E-state index contributed by atoms with van der Waals surface area (Å²) in [6.07, 6.45) is 11.2. The SMILES string of the molecule is CCCCCCCCCC(=O)Nc1ccc(CCCC(N)(CO)CO)cc1. The van der Waals surface area contributed by atoms with Crippen molar-refractivity contribution in [3.05, 3.63) is 29.8 Å². The molecule has 27 heavy (non-hydrogen) atoms. The predicted octanol–water partition coefficient (Wildman–Crippen LogP) is 3.77. The fourth-order valence-electron chi connectivity index (χ4n) is 3.07. The zero-order chi connectivity index (χ0) is 20.0. The number of nitrogens with two attached hydrogens (primary N) is 1. The molecule has 0 heterocycles. The average molecular weight is 379 g/mol. The molecule has 0 bridgehead atoms. The van der Waals surface area contributed by atoms with Gasteiger partial charge in [-0.1, -0.05) is 57.6 Å². The number of aliphatic hydroxyl groups is 2. The van der Waals surface area contributed by atoms with Gasteiger partial charge in [0.1, 0.15) is 0 Å². The maximum absolute atomic E-state index is 12.0. The Morgan fingerprint density at radius 1 is 0.963 bits per heavy atom. The first-order valence-electron chi connectivity index (χ1n) is 10.4. The van der Waals surface area contributed by atoms with Gasteiger partial charge in [0.25, 0.3) is 0 Å². The number of benzene rings is 1. The van der Waals surface area contributed by atoms with Gasteiger partial charge in [0.15, 0.2) is 0 Å². The molecule has 0 radical (unpaired) electrons. The standard InChI is InChI=1S/C22H38N2O3/c1-2-3-4-5-6-7-8-11-21(27)24-20-14-12-19(13-15-20)10-9-16-22(23,17-25)18-26/h12-15,25-26H,2-11,16-18,23H2,1H3,(H,24,27). The molecule has 154 valence electrons. The quantitative estimate of drug-likeness (QED) is 0.349. The Morgan fingerprint density at radius 2 is 1.56 bits per heavy atom. The van der Waals surface area contributed by atoms with E-state index in [0.717, 1.165) is 36.9 Å². The number of amides is 1. The van der Waals surface area contributed by atoms with Crippen LogP contribution in [0, 0.1) is 0 Å². The fourth-order valence-corrected chi connectivity index (χ4v) is 3.07. The molecule has 1 aromatic rings. The second kappa shape index (κ2) is 13.7. The van der Waals surface area contributed by atoms with Gasteiger partial charge in [-0.3, -0.25) is 4.79 Å². The molecule has 0 unspecified atom stereocenters. The van der Waals surface area contributed by atoms with Gasteiger partial charge in [0.2, 0.25) is 5.91 Å². The first kappa shape index (κ1) is 23.6. The van der Waals surface area contributed by atoms with E-state index in [1.165, 1.54) is 32.1 Å². The minimum Gasteiger partial charge on any atom is -0.394 e. The number of aryl methyl sites for hydroxylation is 1. The van der Waals surface area contributed by atoms with Crippen molar-refractivity contribution in [1.29, 1.82) is 0 Å². The highest BCUT2D eigenvalue weighted by Crippen LogP contribution is 2.16. The second-order valence-electron chi connectivity index (χ2n) is 7.65. The van der Waals surface area contributed by atoms with Crippen LogP contribution in [0.25, 0.3) is 0 Å². The van der Waals surface area contributed by atoms with Gasteiger partial charge in [0.05, 0.1) is 18.8 Å². The number of anilines is 1. The van der Waals surface area contributed by atoms with Gasteiger partial charge in [-0.2, -0.15) is 0 Å². The third kappa shape index (κ3) is 10.5. The van der Waals surface area contributed by atoms with Crippen molar-refractivity contribution in [2.75, 3.05) is 18.5 Å². The smallest absolute Gasteiger partial charge is 0.224 e. The lowest BCUT2D eigenvalue weighted by atomic mass is 9.94. The van der Waals surface area contributed by atoms with E-state index in [-0.39, 0.29) is 19.1 Å². The molecule has 5 heteroatoms. The van der Waals surface area contributed by atoms with E-state index in [1.54, 1.807) is 0 Å². The predicted molar refractivity (Wildman–Crippen MR) is 112 cm³/mol. The summed E-state index contributed by atoms with van der Waals surface area (Å²) in [5.41, 5.74) is 6.95. The molecule has 0 aliphatic rings. The Morgan fingerprint density at radius 3 is 2.15 bits per heavy atom. The Labute approximate surface area is 164 Å². The van der Waals surface area contributed by atoms with Crippen molar-refractivity contribution in [3.8, 4) is 0 Å². The lowest BCUT2D eigenvalue weighted by molar-refractivity contribution is -0.116. The summed E-state index contributed by atoms with van der Waals surface area (Å²) in [5, 5.41) is 21.4. The number of carbonyl (C=O) groups excluding carboxylic acids is 1. The van der Waals surface area contributed by atoms with Crippen LogP contribution in [0.3, 0.4) is 0 Å². The van der Waals surface area contributed by atoms with Crippen LogP contribution in [-0.2, 0) is 11.2 Å². The molecule has 0 saturated carbocycles. The summed E-state index contributed by atoms with van der Waals surface area (Å²) in [6, 6.07) is 7.84. The van der Waals surface area contributed by atoms with Gasteiger partial charge in [-0.05, 0) is 43.4 Å². The van der Waals surface area contributed by atoms with E-state index in [4.69, 9.17) is 5.73 Å². The van der Waals surface area contributed by atoms with E-state index >= 15 is 0 Å². The molecule has 1 amide bonds. The maximum Gasteiger partial charge on any atom is 0.224 e. The molecule has 1 aromatic carbocycles. The topological polar surface area (TPSA) is 95.6 Å². The minimum absolute atomic E-state index is 0.0788. The van der Waals surface area contributed by atoms with Crippen LogP contribution in [0.2, 0.25) is 0 Å². The van der Waals surface area contributed by atoms with Crippen LogP contribution < -0.4 is 11.1 Å². The normalized spacial score (nSPS) is 11.6. The summed E-state index contributed by atoms with van der Waals surface area (Å²) in [6.45, 7) is 1.79. The van der Waals surface area contributed by atoms with E-state index in [9.17, 15) is 15.0 Å². The van der Waals surface area contributed by atoms with Gasteiger partial charge in [0, 0.05) is 12.1 Å². The number of rotatable bonds is 15. The molecule has 0 fully saturated rings. The Balaban J connectivity index is 2.22. The zero-order valence-electron chi connectivity index (χ0n) is 16.9. The largest absolute Gasteiger partial charge is 0.394 e.